The van der Waals surface area contributed by atoms with E-state index < -0.39 is 0 Å². The molecule has 0 bridgehead atoms. The molecule has 0 heterocycles. The Morgan fingerprint density at radius 3 is 2.12 bits per heavy atom. The van der Waals surface area contributed by atoms with Crippen molar-refractivity contribution in [3.63, 3.8) is 0 Å². The molecule has 0 aromatic heterocycles. The van der Waals surface area contributed by atoms with E-state index in [-0.39, 0.29) is 0 Å². The molecule has 16 heavy (non-hydrogen) atoms. The van der Waals surface area contributed by atoms with Gasteiger partial charge in [-0.25, -0.2) is 0 Å². The van der Waals surface area contributed by atoms with Crippen molar-refractivity contribution in [1.29, 1.82) is 0 Å². The third kappa shape index (κ3) is 4.21. The summed E-state index contributed by atoms with van der Waals surface area (Å²) in [5.74, 6) is 1.78. The molecule has 0 aliphatic heterocycles. The summed E-state index contributed by atoms with van der Waals surface area (Å²) in [7, 11) is 0. The summed E-state index contributed by atoms with van der Waals surface area (Å²) in [6, 6.07) is 7.09. The Kier molecular flexibility index (Phi) is 5.40. The van der Waals surface area contributed by atoms with Crippen LogP contribution in [0, 0.1) is 0 Å². The summed E-state index contributed by atoms with van der Waals surface area (Å²) in [6.07, 6.45) is 1.14. The summed E-state index contributed by atoms with van der Waals surface area (Å²) in [4.78, 5) is 0. The first-order chi connectivity index (χ1) is 7.52. The third-order valence-electron chi connectivity index (χ3n) is 2.73. The number of hydrogen-bond donors (Lipinski definition) is 0. The molecule has 1 aromatic rings. The van der Waals surface area contributed by atoms with Gasteiger partial charge in [0, 0.05) is 5.75 Å². The van der Waals surface area contributed by atoms with E-state index in [0.29, 0.717) is 11.2 Å². The van der Waals surface area contributed by atoms with Crippen molar-refractivity contribution in [3.8, 4) is 0 Å². The molecule has 1 aromatic carbocycles. The zero-order valence-electron chi connectivity index (χ0n) is 11.2. The van der Waals surface area contributed by atoms with Crippen LogP contribution in [0.15, 0.2) is 18.2 Å². The molecule has 0 unspecified atom stereocenters. The molecular weight excluding hydrogens is 212 g/mol. The summed E-state index contributed by atoms with van der Waals surface area (Å²) < 4.78 is 0. The van der Waals surface area contributed by atoms with Crippen molar-refractivity contribution in [3.05, 3.63) is 34.9 Å². The average molecular weight is 236 g/mol. The van der Waals surface area contributed by atoms with Gasteiger partial charge in [-0.3, -0.25) is 0 Å². The van der Waals surface area contributed by atoms with Gasteiger partial charge in [0.2, 0.25) is 0 Å². The molecule has 0 aliphatic carbocycles. The molecule has 0 aliphatic rings. The first-order valence-corrected chi connectivity index (χ1v) is 7.32. The minimum atomic E-state index is 0.634. The van der Waals surface area contributed by atoms with E-state index in [9.17, 15) is 0 Å². The normalized spacial score (nSPS) is 11.4. The Bertz CT molecular complexity index is 326. The Hall–Kier alpha value is -0.430. The lowest BCUT2D eigenvalue weighted by Gasteiger charge is -2.12. The topological polar surface area (TPSA) is 0 Å². The smallest absolute Gasteiger partial charge is 0.0187 e. The molecule has 0 spiro atoms. The molecule has 0 nitrogen and oxygen atoms in total. The van der Waals surface area contributed by atoms with E-state index in [1.807, 2.05) is 11.8 Å². The van der Waals surface area contributed by atoms with Crippen LogP contribution in [0.1, 0.15) is 57.2 Å². The summed E-state index contributed by atoms with van der Waals surface area (Å²) in [5.41, 5.74) is 4.45. The maximum atomic E-state index is 2.37. The van der Waals surface area contributed by atoms with Crippen molar-refractivity contribution in [1.82, 2.24) is 0 Å². The van der Waals surface area contributed by atoms with Crippen molar-refractivity contribution in [2.24, 2.45) is 0 Å². The largest absolute Gasteiger partial charge is 0.154 e. The molecule has 1 heteroatoms. The Labute approximate surface area is 105 Å². The zero-order valence-corrected chi connectivity index (χ0v) is 12.0. The van der Waals surface area contributed by atoms with Gasteiger partial charge in [0.1, 0.15) is 0 Å². The Morgan fingerprint density at radius 2 is 1.62 bits per heavy atom. The zero-order chi connectivity index (χ0) is 12.1. The highest BCUT2D eigenvalue weighted by Crippen LogP contribution is 2.23. The van der Waals surface area contributed by atoms with Gasteiger partial charge in [0.15, 0.2) is 0 Å². The van der Waals surface area contributed by atoms with Gasteiger partial charge in [0.05, 0.1) is 0 Å². The third-order valence-corrected chi connectivity index (χ3v) is 3.90. The SMILES string of the molecule is CCc1cc(CSC(C)C)cc(C(C)C)c1. The van der Waals surface area contributed by atoms with Gasteiger partial charge >= 0.3 is 0 Å². The first-order valence-electron chi connectivity index (χ1n) is 6.27. The van der Waals surface area contributed by atoms with E-state index in [1.54, 1.807) is 0 Å². The Morgan fingerprint density at radius 1 is 1.00 bits per heavy atom. The summed E-state index contributed by atoms with van der Waals surface area (Å²) in [5, 5.41) is 0.716. The molecule has 0 saturated carbocycles. The lowest BCUT2D eigenvalue weighted by atomic mass is 9.97. The molecule has 0 radical (unpaired) electrons. The van der Waals surface area contributed by atoms with Crippen molar-refractivity contribution in [2.45, 2.75) is 58.0 Å². The number of thioether (sulfide) groups is 1. The van der Waals surface area contributed by atoms with E-state index >= 15 is 0 Å². The monoisotopic (exact) mass is 236 g/mol. The maximum absolute atomic E-state index is 2.37. The fraction of sp³-hybridized carbons (Fsp3) is 0.600. The molecule has 0 saturated heterocycles. The van der Waals surface area contributed by atoms with Crippen molar-refractivity contribution < 1.29 is 0 Å². The molecule has 0 amide bonds. The highest BCUT2D eigenvalue weighted by molar-refractivity contribution is 7.99. The van der Waals surface area contributed by atoms with Gasteiger partial charge in [-0.1, -0.05) is 52.8 Å². The van der Waals surface area contributed by atoms with Crippen LogP contribution in [-0.2, 0) is 12.2 Å². The van der Waals surface area contributed by atoms with Crippen LogP contribution in [0.3, 0.4) is 0 Å². The van der Waals surface area contributed by atoms with Crippen LogP contribution < -0.4 is 0 Å². The van der Waals surface area contributed by atoms with Crippen LogP contribution in [0.25, 0.3) is 0 Å². The lowest BCUT2D eigenvalue weighted by Crippen LogP contribution is -1.95. The van der Waals surface area contributed by atoms with Gasteiger partial charge in [-0.2, -0.15) is 11.8 Å². The van der Waals surface area contributed by atoms with E-state index in [4.69, 9.17) is 0 Å². The molecule has 0 N–H and O–H groups in total. The molecule has 1 rings (SSSR count). The van der Waals surface area contributed by atoms with Crippen LogP contribution in [0.2, 0.25) is 0 Å². The van der Waals surface area contributed by atoms with E-state index in [2.05, 4.69) is 52.8 Å². The molecule has 0 fully saturated rings. The minimum absolute atomic E-state index is 0.634. The van der Waals surface area contributed by atoms with Crippen molar-refractivity contribution in [2.75, 3.05) is 0 Å². The van der Waals surface area contributed by atoms with Crippen LogP contribution in [0.5, 0.6) is 0 Å². The minimum Gasteiger partial charge on any atom is -0.154 e. The van der Waals surface area contributed by atoms with Gasteiger partial charge in [-0.05, 0) is 34.3 Å². The summed E-state index contributed by atoms with van der Waals surface area (Å²) >= 11 is 2.02. The predicted octanol–water partition coefficient (Wildman–Crippen LogP) is 5.01. The maximum Gasteiger partial charge on any atom is 0.0187 e. The van der Waals surface area contributed by atoms with Gasteiger partial charge in [0.25, 0.3) is 0 Å². The van der Waals surface area contributed by atoms with Crippen LogP contribution in [-0.4, -0.2) is 5.25 Å². The summed E-state index contributed by atoms with van der Waals surface area (Å²) in [6.45, 7) is 11.3. The molecule has 90 valence electrons. The second-order valence-electron chi connectivity index (χ2n) is 4.95. The van der Waals surface area contributed by atoms with E-state index in [0.717, 1.165) is 12.2 Å². The standard InChI is InChI=1S/C15H24S/c1-6-13-7-14(10-16-12(4)5)9-15(8-13)11(2)3/h7-9,11-12H,6,10H2,1-5H3. The molecule has 0 atom stereocenters. The Balaban J connectivity index is 2.86. The fourth-order valence-electron chi connectivity index (χ4n) is 1.67. The lowest BCUT2D eigenvalue weighted by molar-refractivity contribution is 0.860. The highest BCUT2D eigenvalue weighted by Gasteiger charge is 2.04. The molecular formula is C15H24S. The average Bonchev–Trinajstić information content (AvgIpc) is 2.25. The fourth-order valence-corrected chi connectivity index (χ4v) is 2.37. The predicted molar refractivity (Wildman–Crippen MR) is 76.3 cm³/mol. The van der Waals surface area contributed by atoms with Crippen LogP contribution in [0.4, 0.5) is 0 Å². The second-order valence-corrected chi connectivity index (χ2v) is 6.52. The number of aryl methyl sites for hydroxylation is 1. The quantitative estimate of drug-likeness (QED) is 0.692. The van der Waals surface area contributed by atoms with Crippen molar-refractivity contribution >= 4 is 11.8 Å². The number of benzene rings is 1. The van der Waals surface area contributed by atoms with E-state index in [1.165, 1.54) is 16.7 Å². The van der Waals surface area contributed by atoms with Crippen LogP contribution >= 0.6 is 11.8 Å². The first kappa shape index (κ1) is 13.6. The number of rotatable bonds is 5. The van der Waals surface area contributed by atoms with Gasteiger partial charge < -0.3 is 0 Å². The highest BCUT2D eigenvalue weighted by atomic mass is 32.2. The second kappa shape index (κ2) is 6.34. The number of hydrogen-bond acceptors (Lipinski definition) is 1. The van der Waals surface area contributed by atoms with Gasteiger partial charge in [-0.15, -0.1) is 0 Å².